The zero-order valence-electron chi connectivity index (χ0n) is 9.73. The van der Waals surface area contributed by atoms with E-state index in [-0.39, 0.29) is 11.8 Å². The first-order chi connectivity index (χ1) is 8.56. The Morgan fingerprint density at radius 3 is 2.44 bits per heavy atom. The number of carbonyl (C=O) groups excluding carboxylic acids is 1. The molecule has 1 atom stereocenters. The van der Waals surface area contributed by atoms with Gasteiger partial charge in [0, 0.05) is 16.8 Å². The topological polar surface area (TPSA) is 66.4 Å². The summed E-state index contributed by atoms with van der Waals surface area (Å²) in [6, 6.07) is 6.57. The fraction of sp³-hybridized carbons (Fsp3) is 0.385. The van der Waals surface area contributed by atoms with Crippen LogP contribution in [-0.2, 0) is 16.0 Å². The summed E-state index contributed by atoms with van der Waals surface area (Å²) >= 11 is 3.32. The van der Waals surface area contributed by atoms with E-state index in [1.807, 2.05) is 24.3 Å². The summed E-state index contributed by atoms with van der Waals surface area (Å²) < 4.78 is 0.945. The minimum Gasteiger partial charge on any atom is -0.480 e. The monoisotopic (exact) mass is 311 g/mol. The number of halogens is 1. The summed E-state index contributed by atoms with van der Waals surface area (Å²) in [6.45, 7) is 0. The molecule has 1 saturated carbocycles. The molecule has 96 valence electrons. The van der Waals surface area contributed by atoms with E-state index in [0.29, 0.717) is 6.42 Å². The lowest BCUT2D eigenvalue weighted by Crippen LogP contribution is -2.43. The summed E-state index contributed by atoms with van der Waals surface area (Å²) in [5, 5.41) is 11.7. The van der Waals surface area contributed by atoms with Gasteiger partial charge < -0.3 is 10.4 Å². The van der Waals surface area contributed by atoms with E-state index in [9.17, 15) is 9.59 Å². The van der Waals surface area contributed by atoms with Crippen LogP contribution in [0.25, 0.3) is 0 Å². The molecule has 0 bridgehead atoms. The van der Waals surface area contributed by atoms with Gasteiger partial charge in [0.05, 0.1) is 0 Å². The molecule has 0 heterocycles. The van der Waals surface area contributed by atoms with Crippen LogP contribution in [-0.4, -0.2) is 23.0 Å². The second-order valence-corrected chi connectivity index (χ2v) is 5.42. The van der Waals surface area contributed by atoms with Crippen LogP contribution in [0.1, 0.15) is 18.4 Å². The number of carbonyl (C=O) groups is 2. The molecule has 0 unspecified atom stereocenters. The first kappa shape index (κ1) is 13.1. The van der Waals surface area contributed by atoms with E-state index in [4.69, 9.17) is 5.11 Å². The molecule has 1 amide bonds. The summed E-state index contributed by atoms with van der Waals surface area (Å²) in [5.74, 6) is -1.11. The Kier molecular flexibility index (Phi) is 4.01. The van der Waals surface area contributed by atoms with E-state index in [0.717, 1.165) is 22.9 Å². The molecule has 1 fully saturated rings. The van der Waals surface area contributed by atoms with Crippen molar-refractivity contribution in [3.05, 3.63) is 34.3 Å². The van der Waals surface area contributed by atoms with Crippen LogP contribution in [0, 0.1) is 5.92 Å². The minimum atomic E-state index is -0.994. The lowest BCUT2D eigenvalue weighted by atomic mass is 10.1. The fourth-order valence-electron chi connectivity index (χ4n) is 1.69. The van der Waals surface area contributed by atoms with E-state index >= 15 is 0 Å². The number of rotatable bonds is 5. The Bertz CT molecular complexity index is 454. The van der Waals surface area contributed by atoms with Crippen molar-refractivity contribution in [2.24, 2.45) is 5.92 Å². The van der Waals surface area contributed by atoms with E-state index < -0.39 is 12.0 Å². The summed E-state index contributed by atoms with van der Waals surface area (Å²) in [4.78, 5) is 22.7. The first-order valence-corrected chi connectivity index (χ1v) is 6.63. The largest absolute Gasteiger partial charge is 0.480 e. The number of hydrogen-bond donors (Lipinski definition) is 2. The van der Waals surface area contributed by atoms with Crippen LogP contribution in [0.3, 0.4) is 0 Å². The van der Waals surface area contributed by atoms with Crippen LogP contribution < -0.4 is 5.32 Å². The lowest BCUT2D eigenvalue weighted by Gasteiger charge is -2.14. The molecule has 0 saturated heterocycles. The van der Waals surface area contributed by atoms with Gasteiger partial charge in [0.2, 0.25) is 5.91 Å². The Balaban J connectivity index is 1.99. The normalized spacial score (nSPS) is 16.1. The molecule has 0 aliphatic heterocycles. The van der Waals surface area contributed by atoms with Gasteiger partial charge in [-0.05, 0) is 30.5 Å². The maximum atomic E-state index is 11.6. The standard InChI is InChI=1S/C13H14BrNO3/c14-10-5-1-8(2-6-10)7-11(13(17)18)15-12(16)9-3-4-9/h1-2,5-6,9,11H,3-4,7H2,(H,15,16)(H,17,18)/t11-/m1/s1. The lowest BCUT2D eigenvalue weighted by molar-refractivity contribution is -0.142. The number of carboxylic acids is 1. The smallest absolute Gasteiger partial charge is 0.326 e. The second kappa shape index (κ2) is 5.52. The van der Waals surface area contributed by atoms with Crippen molar-refractivity contribution in [2.45, 2.75) is 25.3 Å². The SMILES string of the molecule is O=C(N[C@H](Cc1ccc(Br)cc1)C(=O)O)C1CC1. The molecule has 0 aromatic heterocycles. The number of carboxylic acid groups (broad SMARTS) is 1. The maximum Gasteiger partial charge on any atom is 0.326 e. The number of nitrogens with one attached hydrogen (secondary N) is 1. The number of hydrogen-bond acceptors (Lipinski definition) is 2. The van der Waals surface area contributed by atoms with Gasteiger partial charge in [-0.1, -0.05) is 28.1 Å². The predicted molar refractivity (Wildman–Crippen MR) is 70.1 cm³/mol. The van der Waals surface area contributed by atoms with Crippen molar-refractivity contribution in [1.29, 1.82) is 0 Å². The minimum absolute atomic E-state index is 0.0248. The van der Waals surface area contributed by atoms with E-state index in [1.54, 1.807) is 0 Å². The zero-order valence-corrected chi connectivity index (χ0v) is 11.3. The van der Waals surface area contributed by atoms with Crippen molar-refractivity contribution >= 4 is 27.8 Å². The maximum absolute atomic E-state index is 11.6. The van der Waals surface area contributed by atoms with Crippen LogP contribution in [0.2, 0.25) is 0 Å². The van der Waals surface area contributed by atoms with Crippen molar-refractivity contribution in [2.75, 3.05) is 0 Å². The third-order valence-electron chi connectivity index (χ3n) is 2.92. The number of benzene rings is 1. The number of amides is 1. The molecule has 1 aromatic carbocycles. The average Bonchev–Trinajstić information content (AvgIpc) is 3.14. The molecule has 2 N–H and O–H groups in total. The van der Waals surface area contributed by atoms with Gasteiger partial charge in [0.15, 0.2) is 0 Å². The second-order valence-electron chi connectivity index (χ2n) is 4.50. The quantitative estimate of drug-likeness (QED) is 0.873. The van der Waals surface area contributed by atoms with Crippen molar-refractivity contribution < 1.29 is 14.7 Å². The van der Waals surface area contributed by atoms with Crippen molar-refractivity contribution in [1.82, 2.24) is 5.32 Å². The van der Waals surface area contributed by atoms with E-state index in [2.05, 4.69) is 21.2 Å². The van der Waals surface area contributed by atoms with Gasteiger partial charge in [-0.2, -0.15) is 0 Å². The molecule has 1 aromatic rings. The van der Waals surface area contributed by atoms with Gasteiger partial charge in [0.1, 0.15) is 6.04 Å². The van der Waals surface area contributed by atoms with Gasteiger partial charge >= 0.3 is 5.97 Å². The summed E-state index contributed by atoms with van der Waals surface area (Å²) in [5.41, 5.74) is 0.890. The molecule has 2 rings (SSSR count). The highest BCUT2D eigenvalue weighted by Gasteiger charge is 2.32. The van der Waals surface area contributed by atoms with Gasteiger partial charge in [-0.3, -0.25) is 4.79 Å². The molecule has 4 nitrogen and oxygen atoms in total. The molecule has 0 spiro atoms. The average molecular weight is 312 g/mol. The number of aliphatic carboxylic acids is 1. The summed E-state index contributed by atoms with van der Waals surface area (Å²) in [7, 11) is 0. The molecule has 1 aliphatic carbocycles. The third kappa shape index (κ3) is 3.57. The van der Waals surface area contributed by atoms with E-state index in [1.165, 1.54) is 0 Å². The molecule has 0 radical (unpaired) electrons. The fourth-order valence-corrected chi connectivity index (χ4v) is 1.96. The van der Waals surface area contributed by atoms with Crippen molar-refractivity contribution in [3.8, 4) is 0 Å². The molecular formula is C13H14BrNO3. The summed E-state index contributed by atoms with van der Waals surface area (Å²) in [6.07, 6.45) is 2.05. The van der Waals surface area contributed by atoms with Crippen LogP contribution in [0.5, 0.6) is 0 Å². The molecule has 18 heavy (non-hydrogen) atoms. The van der Waals surface area contributed by atoms with Crippen LogP contribution in [0.4, 0.5) is 0 Å². The zero-order chi connectivity index (χ0) is 13.1. The highest BCUT2D eigenvalue weighted by molar-refractivity contribution is 9.10. The molecule has 1 aliphatic rings. The first-order valence-electron chi connectivity index (χ1n) is 5.84. The van der Waals surface area contributed by atoms with Gasteiger partial charge in [-0.25, -0.2) is 4.79 Å². The third-order valence-corrected chi connectivity index (χ3v) is 3.44. The van der Waals surface area contributed by atoms with Gasteiger partial charge in [-0.15, -0.1) is 0 Å². The Labute approximate surface area is 114 Å². The Morgan fingerprint density at radius 1 is 1.33 bits per heavy atom. The van der Waals surface area contributed by atoms with Gasteiger partial charge in [0.25, 0.3) is 0 Å². The molecule has 5 heteroatoms. The van der Waals surface area contributed by atoms with Crippen LogP contribution in [0.15, 0.2) is 28.7 Å². The Hall–Kier alpha value is -1.36. The highest BCUT2D eigenvalue weighted by atomic mass is 79.9. The highest BCUT2D eigenvalue weighted by Crippen LogP contribution is 2.29. The molecular weight excluding hydrogens is 298 g/mol. The van der Waals surface area contributed by atoms with Crippen LogP contribution >= 0.6 is 15.9 Å². The Morgan fingerprint density at radius 2 is 1.94 bits per heavy atom. The van der Waals surface area contributed by atoms with Crippen molar-refractivity contribution in [3.63, 3.8) is 0 Å². The predicted octanol–water partition coefficient (Wildman–Crippen LogP) is 1.97.